The number of hydrogen-bond donors (Lipinski definition) is 1. The van der Waals surface area contributed by atoms with Gasteiger partial charge >= 0.3 is 0 Å². The Kier molecular flexibility index (Phi) is 8.04. The maximum absolute atomic E-state index is 12.9. The Hall–Kier alpha value is -1.96. The van der Waals surface area contributed by atoms with Crippen molar-refractivity contribution < 1.29 is 14.3 Å². The van der Waals surface area contributed by atoms with Crippen molar-refractivity contribution >= 4 is 91.4 Å². The van der Waals surface area contributed by atoms with E-state index in [2.05, 4.69) is 50.6 Å². The highest BCUT2D eigenvalue weighted by atomic mass is 127. The topological polar surface area (TPSA) is 58.6 Å². The second kappa shape index (κ2) is 11.0. The first-order valence-electron chi connectivity index (χ1n) is 9.72. The number of carbonyl (C=O) groups is 2. The number of ether oxygens (including phenoxy) is 1. The Morgan fingerprint density at radius 1 is 1.03 bits per heavy atom. The summed E-state index contributed by atoms with van der Waals surface area (Å²) >= 11 is 10.9. The number of rotatable bonds is 6. The summed E-state index contributed by atoms with van der Waals surface area (Å²) in [6, 6.07) is 22.6. The van der Waals surface area contributed by atoms with Crippen molar-refractivity contribution in [3.8, 4) is 5.75 Å². The monoisotopic (exact) mass is 698 g/mol. The van der Waals surface area contributed by atoms with Gasteiger partial charge in [0.25, 0.3) is 11.8 Å². The molecule has 0 atom stereocenters. The van der Waals surface area contributed by atoms with Crippen molar-refractivity contribution in [1.82, 2.24) is 10.4 Å². The summed E-state index contributed by atoms with van der Waals surface area (Å²) < 4.78 is 8.19. The van der Waals surface area contributed by atoms with Crippen LogP contribution in [0.15, 0.2) is 77.7 Å². The maximum atomic E-state index is 12.9. The van der Waals surface area contributed by atoms with Gasteiger partial charge in [-0.3, -0.25) is 15.0 Å². The first kappa shape index (κ1) is 24.2. The predicted molar refractivity (Wildman–Crippen MR) is 152 cm³/mol. The zero-order valence-electron chi connectivity index (χ0n) is 17.0. The molecule has 1 aliphatic rings. The lowest BCUT2D eigenvalue weighted by atomic mass is 10.2. The smallest absolute Gasteiger partial charge is 0.285 e. The molecular formula is C24H16I2N2O3S2. The van der Waals surface area contributed by atoms with Crippen molar-refractivity contribution in [2.75, 3.05) is 0 Å². The molecular weight excluding hydrogens is 682 g/mol. The standard InChI is InChI=1S/C24H16I2N2O3S2/c25-18-11-16(12-19(26)21(18)31-14-15-7-3-1-4-8-15)13-20-23(30)28(24(32)33-20)27-22(29)17-9-5-2-6-10-17/h1-13H,14H2,(H,27,29)/b20-13+. The molecule has 1 fully saturated rings. The van der Waals surface area contributed by atoms with Crippen molar-refractivity contribution in [3.63, 3.8) is 0 Å². The molecule has 1 saturated heterocycles. The average Bonchev–Trinajstić information content (AvgIpc) is 3.07. The van der Waals surface area contributed by atoms with Crippen LogP contribution in [0.4, 0.5) is 0 Å². The van der Waals surface area contributed by atoms with Gasteiger partial charge in [0.15, 0.2) is 4.32 Å². The zero-order valence-corrected chi connectivity index (χ0v) is 22.9. The van der Waals surface area contributed by atoms with Gasteiger partial charge in [0.1, 0.15) is 12.4 Å². The summed E-state index contributed by atoms with van der Waals surface area (Å²) in [5.74, 6) is 0.0562. The summed E-state index contributed by atoms with van der Waals surface area (Å²) in [6.45, 7) is 0.478. The highest BCUT2D eigenvalue weighted by molar-refractivity contribution is 14.1. The number of nitrogens with zero attached hydrogens (tertiary/aromatic N) is 1. The van der Waals surface area contributed by atoms with Crippen molar-refractivity contribution in [2.45, 2.75) is 6.61 Å². The molecule has 1 heterocycles. The number of nitrogens with one attached hydrogen (secondary N) is 1. The highest BCUT2D eigenvalue weighted by Gasteiger charge is 2.33. The molecule has 0 radical (unpaired) electrons. The first-order valence-corrected chi connectivity index (χ1v) is 13.1. The molecule has 1 aliphatic heterocycles. The number of thiocarbonyl (C=S) groups is 1. The summed E-state index contributed by atoms with van der Waals surface area (Å²) in [5.41, 5.74) is 4.99. The van der Waals surface area contributed by atoms with Gasteiger partial charge < -0.3 is 4.74 Å². The van der Waals surface area contributed by atoms with E-state index in [0.29, 0.717) is 17.1 Å². The molecule has 0 bridgehead atoms. The molecule has 0 unspecified atom stereocenters. The van der Waals surface area contributed by atoms with Crippen LogP contribution in [-0.2, 0) is 11.4 Å². The second-order valence-corrected chi connectivity index (χ2v) is 10.9. The third kappa shape index (κ3) is 5.94. The predicted octanol–water partition coefficient (Wildman–Crippen LogP) is 6.02. The fraction of sp³-hybridized carbons (Fsp3) is 0.0417. The number of benzene rings is 3. The first-order chi connectivity index (χ1) is 15.9. The lowest BCUT2D eigenvalue weighted by molar-refractivity contribution is -0.123. The molecule has 0 spiro atoms. The van der Waals surface area contributed by atoms with E-state index >= 15 is 0 Å². The SMILES string of the molecule is O=C(NN1C(=O)/C(=C\c2cc(I)c(OCc3ccccc3)c(I)c2)SC1=S)c1ccccc1. The van der Waals surface area contributed by atoms with E-state index in [9.17, 15) is 9.59 Å². The molecule has 3 aromatic carbocycles. The number of carbonyl (C=O) groups excluding carboxylic acids is 2. The fourth-order valence-electron chi connectivity index (χ4n) is 3.00. The van der Waals surface area contributed by atoms with Crippen LogP contribution in [0.5, 0.6) is 5.75 Å². The molecule has 0 saturated carbocycles. The molecule has 2 amide bonds. The van der Waals surface area contributed by atoms with Gasteiger partial charge in [-0.25, -0.2) is 0 Å². The van der Waals surface area contributed by atoms with Crippen molar-refractivity contribution in [2.24, 2.45) is 0 Å². The minimum Gasteiger partial charge on any atom is -0.487 e. The van der Waals surface area contributed by atoms with E-state index < -0.39 is 5.91 Å². The Balaban J connectivity index is 1.48. The quantitative estimate of drug-likeness (QED) is 0.194. The third-order valence-corrected chi connectivity index (χ3v) is 7.49. The van der Waals surface area contributed by atoms with E-state index in [1.54, 1.807) is 30.3 Å². The number of hydrogen-bond acceptors (Lipinski definition) is 5. The lowest BCUT2D eigenvalue weighted by Crippen LogP contribution is -2.44. The molecule has 0 aromatic heterocycles. The fourth-order valence-corrected chi connectivity index (χ4v) is 6.31. The van der Waals surface area contributed by atoms with Crippen LogP contribution in [0.2, 0.25) is 0 Å². The summed E-state index contributed by atoms with van der Waals surface area (Å²) in [7, 11) is 0. The number of amides is 2. The van der Waals surface area contributed by atoms with Gasteiger partial charge in [-0.2, -0.15) is 5.01 Å². The second-order valence-electron chi connectivity index (χ2n) is 6.91. The zero-order chi connectivity index (χ0) is 23.4. The van der Waals surface area contributed by atoms with Gasteiger partial charge in [-0.15, -0.1) is 0 Å². The summed E-state index contributed by atoms with van der Waals surface area (Å²) in [5, 5.41) is 1.12. The van der Waals surface area contributed by atoms with Crippen LogP contribution in [0.3, 0.4) is 0 Å². The molecule has 9 heteroatoms. The third-order valence-electron chi connectivity index (χ3n) is 4.59. The van der Waals surface area contributed by atoms with Gasteiger partial charge in [-0.1, -0.05) is 60.3 Å². The molecule has 3 aromatic rings. The van der Waals surface area contributed by atoms with E-state index in [4.69, 9.17) is 17.0 Å². The maximum Gasteiger partial charge on any atom is 0.285 e. The Morgan fingerprint density at radius 3 is 2.27 bits per heavy atom. The summed E-state index contributed by atoms with van der Waals surface area (Å²) in [6.07, 6.45) is 1.78. The molecule has 0 aliphatic carbocycles. The number of hydrazine groups is 1. The minimum atomic E-state index is -0.392. The van der Waals surface area contributed by atoms with Crippen LogP contribution in [0.25, 0.3) is 6.08 Å². The molecule has 1 N–H and O–H groups in total. The lowest BCUT2D eigenvalue weighted by Gasteiger charge is -2.15. The minimum absolute atomic E-state index is 0.280. The average molecular weight is 698 g/mol. The van der Waals surface area contributed by atoms with E-state index in [1.165, 1.54) is 0 Å². The molecule has 5 nitrogen and oxygen atoms in total. The van der Waals surface area contributed by atoms with Crippen LogP contribution in [-0.4, -0.2) is 21.1 Å². The Morgan fingerprint density at radius 2 is 1.64 bits per heavy atom. The normalized spacial score (nSPS) is 14.6. The van der Waals surface area contributed by atoms with E-state index in [-0.39, 0.29) is 10.2 Å². The van der Waals surface area contributed by atoms with Gasteiger partial charge in [-0.05, 0) is 98.9 Å². The van der Waals surface area contributed by atoms with Crippen molar-refractivity contribution in [1.29, 1.82) is 0 Å². The number of halogens is 2. The van der Waals surface area contributed by atoms with E-state index in [1.807, 2.05) is 48.5 Å². The van der Waals surface area contributed by atoms with Crippen LogP contribution in [0, 0.1) is 7.14 Å². The van der Waals surface area contributed by atoms with Gasteiger partial charge in [0.2, 0.25) is 0 Å². The van der Waals surface area contributed by atoms with Crippen molar-refractivity contribution in [3.05, 3.63) is 102 Å². The molecule has 4 rings (SSSR count). The van der Waals surface area contributed by atoms with Gasteiger partial charge in [0, 0.05) is 5.56 Å². The largest absolute Gasteiger partial charge is 0.487 e. The Bertz CT molecular complexity index is 1230. The van der Waals surface area contributed by atoms with Crippen LogP contribution >= 0.6 is 69.2 Å². The summed E-state index contributed by atoms with van der Waals surface area (Å²) in [4.78, 5) is 25.8. The van der Waals surface area contributed by atoms with Gasteiger partial charge in [0.05, 0.1) is 12.0 Å². The van der Waals surface area contributed by atoms with Crippen LogP contribution < -0.4 is 10.2 Å². The Labute approximate surface area is 228 Å². The van der Waals surface area contributed by atoms with Crippen LogP contribution in [0.1, 0.15) is 21.5 Å². The van der Waals surface area contributed by atoms with E-state index in [0.717, 1.165) is 40.8 Å². The highest BCUT2D eigenvalue weighted by Crippen LogP contribution is 2.34. The molecule has 166 valence electrons. The number of thioether (sulfide) groups is 1. The molecule has 33 heavy (non-hydrogen) atoms.